The normalized spacial score (nSPS) is 26.0. The van der Waals surface area contributed by atoms with Gasteiger partial charge in [0, 0.05) is 23.9 Å². The molecule has 0 aromatic rings. The second-order valence-corrected chi connectivity index (χ2v) is 12.5. The Kier molecular flexibility index (Phi) is 7.02. The van der Waals surface area contributed by atoms with Gasteiger partial charge in [0.2, 0.25) is 0 Å². The highest BCUT2D eigenvalue weighted by atomic mass is 127. The van der Waals surface area contributed by atoms with Crippen molar-refractivity contribution >= 4 is 81.3 Å². The van der Waals surface area contributed by atoms with Crippen molar-refractivity contribution in [3.63, 3.8) is 0 Å². The van der Waals surface area contributed by atoms with Gasteiger partial charge in [0.25, 0.3) is 11.6 Å². The molecule has 0 aromatic carbocycles. The van der Waals surface area contributed by atoms with Gasteiger partial charge in [-0.25, -0.2) is 0 Å². The van der Waals surface area contributed by atoms with Crippen molar-refractivity contribution in [2.75, 3.05) is 32.7 Å². The zero-order valence-electron chi connectivity index (χ0n) is 13.2. The van der Waals surface area contributed by atoms with Crippen LogP contribution in [0.15, 0.2) is 30.4 Å². The van der Waals surface area contributed by atoms with Crippen molar-refractivity contribution < 1.29 is 18.9 Å². The molecule has 0 unspecified atom stereocenters. The highest BCUT2D eigenvalue weighted by molar-refractivity contribution is 14.3. The Hall–Kier alpha value is 1.57. The van der Waals surface area contributed by atoms with Gasteiger partial charge in [-0.1, -0.05) is 18.3 Å². The summed E-state index contributed by atoms with van der Waals surface area (Å²) in [6.45, 7) is 8.22. The number of rotatable bonds is 4. The van der Waals surface area contributed by atoms with Crippen LogP contribution in [0.5, 0.6) is 0 Å². The van der Waals surface area contributed by atoms with Gasteiger partial charge < -0.3 is 18.9 Å². The highest BCUT2D eigenvalue weighted by Crippen LogP contribution is 2.57. The number of hydrogen-bond donors (Lipinski definition) is 0. The fourth-order valence-corrected chi connectivity index (χ4v) is 8.02. The summed E-state index contributed by atoms with van der Waals surface area (Å²) in [5.41, 5.74) is 2.02. The molecule has 24 heavy (non-hydrogen) atoms. The fraction of sp³-hybridized carbons (Fsp3) is 0.533. The van der Waals surface area contributed by atoms with E-state index in [0.29, 0.717) is 26.4 Å². The molecular formula is C15H17BrI2O4S2. The molecule has 3 rings (SSSR count). The third-order valence-corrected chi connectivity index (χ3v) is 8.61. The van der Waals surface area contributed by atoms with Crippen molar-refractivity contribution in [3.05, 3.63) is 30.4 Å². The van der Waals surface area contributed by atoms with Crippen LogP contribution in [0.1, 0.15) is 6.92 Å². The lowest BCUT2D eigenvalue weighted by Gasteiger charge is -2.47. The molecule has 3 aliphatic rings. The lowest BCUT2D eigenvalue weighted by atomic mass is 9.86. The average molecular weight is 659 g/mol. The zero-order chi connectivity index (χ0) is 17.4. The summed E-state index contributed by atoms with van der Waals surface area (Å²) in [6, 6.07) is 0. The summed E-state index contributed by atoms with van der Waals surface area (Å²) in [5, 5.41) is 0. The molecule has 0 bridgehead atoms. The second kappa shape index (κ2) is 8.29. The van der Waals surface area contributed by atoms with Crippen LogP contribution < -0.4 is 0 Å². The maximum absolute atomic E-state index is 6.19. The summed E-state index contributed by atoms with van der Waals surface area (Å²) < 4.78 is 27.9. The van der Waals surface area contributed by atoms with E-state index in [1.807, 2.05) is 0 Å². The van der Waals surface area contributed by atoms with Gasteiger partial charge >= 0.3 is 0 Å². The lowest BCUT2D eigenvalue weighted by molar-refractivity contribution is -0.308. The Morgan fingerprint density at radius 2 is 1.71 bits per heavy atom. The molecule has 0 N–H and O–H groups in total. The van der Waals surface area contributed by atoms with Crippen LogP contribution in [0.3, 0.4) is 0 Å². The minimum Gasteiger partial charge on any atom is -0.339 e. The van der Waals surface area contributed by atoms with Crippen LogP contribution in [0.2, 0.25) is 0 Å². The first kappa shape index (κ1) is 20.3. The molecule has 2 fully saturated rings. The van der Waals surface area contributed by atoms with Crippen molar-refractivity contribution in [1.29, 1.82) is 0 Å². The van der Waals surface area contributed by atoms with Gasteiger partial charge in [-0.05, 0) is 71.0 Å². The molecule has 2 aliphatic heterocycles. The fourth-order valence-electron chi connectivity index (χ4n) is 3.19. The van der Waals surface area contributed by atoms with Gasteiger partial charge in [-0.15, -0.1) is 11.8 Å². The SMILES string of the molecule is C=C(I)SC1=C(C)C2(OCCO2)C2(OCCO2)C(C=IBr)=C1SC. The molecular weight excluding hydrogens is 642 g/mol. The van der Waals surface area contributed by atoms with Gasteiger partial charge in [-0.2, -0.15) is 0 Å². The third-order valence-electron chi connectivity index (χ3n) is 4.03. The lowest BCUT2D eigenvalue weighted by Crippen LogP contribution is -2.60. The Labute approximate surface area is 180 Å². The smallest absolute Gasteiger partial charge is 0.257 e. The van der Waals surface area contributed by atoms with E-state index in [0.717, 1.165) is 23.9 Å². The summed E-state index contributed by atoms with van der Waals surface area (Å²) in [5.74, 6) is -2.04. The molecule has 0 radical (unpaired) electrons. The number of thioether (sulfide) groups is 2. The van der Waals surface area contributed by atoms with E-state index >= 15 is 0 Å². The van der Waals surface area contributed by atoms with Crippen molar-refractivity contribution in [2.24, 2.45) is 0 Å². The van der Waals surface area contributed by atoms with E-state index in [-0.39, 0.29) is 18.5 Å². The maximum Gasteiger partial charge on any atom is 0.257 e. The number of ether oxygens (including phenoxy) is 4. The van der Waals surface area contributed by atoms with Gasteiger partial charge in [-0.3, -0.25) is 0 Å². The summed E-state index contributed by atoms with van der Waals surface area (Å²) in [6.07, 6.45) is 2.08. The molecule has 2 spiro atoms. The van der Waals surface area contributed by atoms with Crippen LogP contribution >= 0.6 is 77.3 Å². The topological polar surface area (TPSA) is 36.9 Å². The first-order valence-corrected chi connectivity index (χ1v) is 16.4. The quantitative estimate of drug-likeness (QED) is 0.392. The van der Waals surface area contributed by atoms with E-state index in [1.54, 1.807) is 23.5 Å². The van der Waals surface area contributed by atoms with Crippen LogP contribution in [0.25, 0.3) is 0 Å². The minimum absolute atomic E-state index is 0.294. The van der Waals surface area contributed by atoms with Gasteiger partial charge in [0.15, 0.2) is 0 Å². The predicted molar refractivity (Wildman–Crippen MR) is 122 cm³/mol. The van der Waals surface area contributed by atoms with Crippen LogP contribution in [0, 0.1) is 0 Å². The Balaban J connectivity index is 2.28. The number of fused-ring (bicyclic) bond motifs is 1. The Morgan fingerprint density at radius 1 is 1.17 bits per heavy atom. The Bertz CT molecular complexity index is 635. The molecule has 134 valence electrons. The van der Waals surface area contributed by atoms with E-state index < -0.39 is 11.6 Å². The Morgan fingerprint density at radius 3 is 2.17 bits per heavy atom. The first-order valence-electron chi connectivity index (χ1n) is 7.18. The van der Waals surface area contributed by atoms with Crippen LogP contribution in [0.4, 0.5) is 0 Å². The van der Waals surface area contributed by atoms with Crippen molar-refractivity contribution in [2.45, 2.75) is 18.5 Å². The van der Waals surface area contributed by atoms with Crippen molar-refractivity contribution in [1.82, 2.24) is 0 Å². The average Bonchev–Trinajstić information content (AvgIpc) is 3.22. The van der Waals surface area contributed by atoms with E-state index in [4.69, 9.17) is 18.9 Å². The van der Waals surface area contributed by atoms with Crippen molar-refractivity contribution in [3.8, 4) is 0 Å². The molecule has 0 aromatic heterocycles. The van der Waals surface area contributed by atoms with Crippen LogP contribution in [-0.2, 0) is 18.9 Å². The molecule has 1 aliphatic carbocycles. The van der Waals surface area contributed by atoms with Gasteiger partial charge in [0.1, 0.15) is 0 Å². The summed E-state index contributed by atoms with van der Waals surface area (Å²) in [4.78, 5) is 2.28. The first-order chi connectivity index (χ1) is 11.5. The van der Waals surface area contributed by atoms with Gasteiger partial charge in [0.05, 0.1) is 26.4 Å². The predicted octanol–water partition coefficient (Wildman–Crippen LogP) is 5.10. The highest BCUT2D eigenvalue weighted by Gasteiger charge is 2.66. The number of halogens is 3. The molecule has 0 saturated carbocycles. The van der Waals surface area contributed by atoms with Crippen LogP contribution in [-0.4, -0.2) is 48.3 Å². The molecule has 0 amide bonds. The largest absolute Gasteiger partial charge is 0.339 e. The maximum atomic E-state index is 6.19. The number of hydrogen-bond acceptors (Lipinski definition) is 6. The second-order valence-electron chi connectivity index (χ2n) is 5.18. The molecule has 9 heteroatoms. The molecule has 4 nitrogen and oxygen atoms in total. The van der Waals surface area contributed by atoms with E-state index in [1.165, 1.54) is 0 Å². The monoisotopic (exact) mass is 658 g/mol. The summed E-state index contributed by atoms with van der Waals surface area (Å²) in [7, 11) is 0. The zero-order valence-corrected chi connectivity index (χ0v) is 20.7. The summed E-state index contributed by atoms with van der Waals surface area (Å²) >= 11 is 8.93. The third kappa shape index (κ3) is 3.17. The van der Waals surface area contributed by atoms with E-state index in [9.17, 15) is 0 Å². The molecule has 0 atom stereocenters. The minimum atomic E-state index is -1.02. The molecule has 2 saturated heterocycles. The standard InChI is InChI=1S/C15H17BrI2O4S2/c1-9-12(24-10(2)17)13(23-3)11(8-18-16)15(21-6-7-22-15)14(9)19-4-5-20-14/h8H,2,4-7H2,1,3H3. The van der Waals surface area contributed by atoms with E-state index in [2.05, 4.69) is 59.1 Å². The molecule has 2 heterocycles.